The van der Waals surface area contributed by atoms with Crippen LogP contribution in [0.3, 0.4) is 0 Å². The number of nitrogens with one attached hydrogen (secondary N) is 2. The summed E-state index contributed by atoms with van der Waals surface area (Å²) in [7, 11) is 4.91. The average molecular weight is 531 g/mol. The van der Waals surface area contributed by atoms with Crippen molar-refractivity contribution < 1.29 is 14.3 Å². The maximum absolute atomic E-state index is 13.4. The fourth-order valence-electron chi connectivity index (χ4n) is 6.10. The molecule has 1 saturated carbocycles. The van der Waals surface area contributed by atoms with E-state index in [2.05, 4.69) is 20.7 Å². The van der Waals surface area contributed by atoms with Crippen molar-refractivity contribution in [2.24, 2.45) is 20.0 Å². The van der Waals surface area contributed by atoms with Gasteiger partial charge in [0.25, 0.3) is 0 Å². The maximum Gasteiger partial charge on any atom is 0.411 e. The molecule has 12 nitrogen and oxygen atoms in total. The Kier molecular flexibility index (Phi) is 5.89. The van der Waals surface area contributed by atoms with Gasteiger partial charge in [-0.3, -0.25) is 23.9 Å². The molecule has 2 bridgehead atoms. The van der Waals surface area contributed by atoms with E-state index in [9.17, 15) is 14.4 Å². The van der Waals surface area contributed by atoms with Crippen molar-refractivity contribution >= 4 is 40.2 Å². The molecular formula is C27H30N8O4. The van der Waals surface area contributed by atoms with E-state index in [0.717, 1.165) is 35.0 Å². The van der Waals surface area contributed by atoms with Gasteiger partial charge < -0.3 is 15.0 Å². The zero-order valence-corrected chi connectivity index (χ0v) is 22.2. The second kappa shape index (κ2) is 9.29. The van der Waals surface area contributed by atoms with E-state index in [1.54, 1.807) is 41.7 Å². The van der Waals surface area contributed by atoms with Crippen LogP contribution in [0.2, 0.25) is 0 Å². The fourth-order valence-corrected chi connectivity index (χ4v) is 6.10. The van der Waals surface area contributed by atoms with Gasteiger partial charge in [-0.15, -0.1) is 0 Å². The first-order valence-electron chi connectivity index (χ1n) is 12.8. The number of nitrogens with zero attached hydrogens (tertiary/aromatic N) is 6. The number of likely N-dealkylation sites (tertiary alicyclic amines) is 1. The van der Waals surface area contributed by atoms with Crippen LogP contribution in [0.25, 0.3) is 22.2 Å². The van der Waals surface area contributed by atoms with Gasteiger partial charge in [-0.05, 0) is 42.5 Å². The lowest BCUT2D eigenvalue weighted by Gasteiger charge is -2.31. The van der Waals surface area contributed by atoms with Crippen LogP contribution in [0, 0.1) is 5.92 Å². The van der Waals surface area contributed by atoms with Crippen LogP contribution in [-0.4, -0.2) is 60.5 Å². The number of anilines is 3. The highest BCUT2D eigenvalue weighted by Gasteiger charge is 2.47. The van der Waals surface area contributed by atoms with Crippen molar-refractivity contribution in [3.63, 3.8) is 0 Å². The van der Waals surface area contributed by atoms with Crippen LogP contribution in [0.4, 0.5) is 22.0 Å². The number of aromatic nitrogens is 5. The second-order valence-corrected chi connectivity index (χ2v) is 10.3. The van der Waals surface area contributed by atoms with Gasteiger partial charge in [0.15, 0.2) is 0 Å². The first-order valence-corrected chi connectivity index (χ1v) is 12.8. The molecule has 0 spiro atoms. The van der Waals surface area contributed by atoms with Gasteiger partial charge in [0, 0.05) is 68.8 Å². The van der Waals surface area contributed by atoms with Crippen LogP contribution in [0.5, 0.6) is 0 Å². The molecule has 4 heterocycles. The zero-order valence-electron chi connectivity index (χ0n) is 22.2. The number of methoxy groups -OCH3 is 1. The Morgan fingerprint density at radius 2 is 1.82 bits per heavy atom. The van der Waals surface area contributed by atoms with Crippen molar-refractivity contribution in [2.45, 2.75) is 31.8 Å². The molecule has 2 fully saturated rings. The van der Waals surface area contributed by atoms with Crippen LogP contribution < -0.4 is 16.3 Å². The van der Waals surface area contributed by atoms with Gasteiger partial charge in [0.1, 0.15) is 5.82 Å². The summed E-state index contributed by atoms with van der Waals surface area (Å²) >= 11 is 0. The Bertz CT molecular complexity index is 1670. The normalized spacial score (nSPS) is 20.0. The molecule has 12 heteroatoms. The van der Waals surface area contributed by atoms with Gasteiger partial charge in [-0.1, -0.05) is 0 Å². The number of pyridine rings is 1. The first kappa shape index (κ1) is 24.7. The summed E-state index contributed by atoms with van der Waals surface area (Å²) in [6.07, 6.45) is 6.44. The van der Waals surface area contributed by atoms with Crippen LogP contribution in [0.15, 0.2) is 47.7 Å². The minimum Gasteiger partial charge on any atom is -0.453 e. The monoisotopic (exact) mass is 530 g/mol. The minimum atomic E-state index is -0.577. The number of carbonyl (C=O) groups is 2. The van der Waals surface area contributed by atoms with E-state index in [1.165, 1.54) is 7.11 Å². The standard InChI is InChI=1S/C27H30N8O4/c1-15(36)34-14-17-7-21(34)9-22(17)35-23-10-25(28-12-24(23)33(3)27(35)38)30-19-5-16(18-11-29-32(2)13-18)6-20(8-19)31-26(37)39-4/h5-6,8,10-13,17,21-22H,7,9,14H2,1-4H3,(H,28,30)(H,31,37). The number of aryl methyl sites for hydroxylation is 2. The number of ether oxygens (including phenoxy) is 1. The summed E-state index contributed by atoms with van der Waals surface area (Å²) in [5.41, 5.74) is 4.41. The SMILES string of the molecule is COC(=O)Nc1cc(Nc2cc3c(cn2)n(C)c(=O)n3C2CC3CC2CN3C(C)=O)cc(-c2cnn(C)c2)c1. The third-order valence-corrected chi connectivity index (χ3v) is 7.89. The summed E-state index contributed by atoms with van der Waals surface area (Å²) < 4.78 is 9.98. The lowest BCUT2D eigenvalue weighted by Crippen LogP contribution is -2.41. The van der Waals surface area contributed by atoms with E-state index in [4.69, 9.17) is 4.74 Å². The molecule has 0 radical (unpaired) electrons. The van der Waals surface area contributed by atoms with Gasteiger partial charge in [-0.25, -0.2) is 14.6 Å². The third kappa shape index (κ3) is 4.31. The number of benzene rings is 1. The molecule has 1 aromatic carbocycles. The zero-order chi connectivity index (χ0) is 27.4. The molecule has 6 rings (SSSR count). The van der Waals surface area contributed by atoms with E-state index in [0.29, 0.717) is 23.7 Å². The Morgan fingerprint density at radius 1 is 1.03 bits per heavy atom. The molecule has 1 saturated heterocycles. The molecule has 4 aromatic rings. The van der Waals surface area contributed by atoms with Crippen LogP contribution in [-0.2, 0) is 23.6 Å². The topological polar surface area (TPSA) is 128 Å². The van der Waals surface area contributed by atoms with Crippen molar-refractivity contribution in [3.05, 3.63) is 53.3 Å². The number of rotatable bonds is 5. The second-order valence-electron chi connectivity index (χ2n) is 10.3. The lowest BCUT2D eigenvalue weighted by molar-refractivity contribution is -0.130. The van der Waals surface area contributed by atoms with E-state index in [-0.39, 0.29) is 29.6 Å². The van der Waals surface area contributed by atoms with E-state index < -0.39 is 6.09 Å². The van der Waals surface area contributed by atoms with E-state index >= 15 is 0 Å². The van der Waals surface area contributed by atoms with Gasteiger partial charge >= 0.3 is 11.8 Å². The molecule has 1 aliphatic carbocycles. The Hall–Kier alpha value is -4.61. The number of imidazole rings is 1. The molecule has 2 amide bonds. The predicted octanol–water partition coefficient (Wildman–Crippen LogP) is 3.24. The highest BCUT2D eigenvalue weighted by atomic mass is 16.5. The van der Waals surface area contributed by atoms with Crippen molar-refractivity contribution in [3.8, 4) is 11.1 Å². The quantitative estimate of drug-likeness (QED) is 0.405. The van der Waals surface area contributed by atoms with Crippen LogP contribution in [0.1, 0.15) is 25.8 Å². The summed E-state index contributed by atoms with van der Waals surface area (Å²) in [4.78, 5) is 43.8. The predicted molar refractivity (Wildman–Crippen MR) is 146 cm³/mol. The summed E-state index contributed by atoms with van der Waals surface area (Å²) in [5, 5.41) is 10.3. The molecule has 202 valence electrons. The number of piperidine rings is 1. The summed E-state index contributed by atoms with van der Waals surface area (Å²) in [6, 6.07) is 7.65. The Morgan fingerprint density at radius 3 is 2.49 bits per heavy atom. The molecule has 3 aromatic heterocycles. The molecule has 39 heavy (non-hydrogen) atoms. The number of fused-ring (bicyclic) bond motifs is 3. The third-order valence-electron chi connectivity index (χ3n) is 7.89. The number of hydrogen-bond acceptors (Lipinski definition) is 7. The number of amides is 2. The van der Waals surface area contributed by atoms with Crippen molar-refractivity contribution in [1.82, 2.24) is 28.8 Å². The molecule has 2 aliphatic rings. The van der Waals surface area contributed by atoms with Gasteiger partial charge in [-0.2, -0.15) is 5.10 Å². The maximum atomic E-state index is 13.4. The number of carbonyl (C=O) groups excluding carboxylic acids is 2. The molecule has 2 N–H and O–H groups in total. The molecule has 3 atom stereocenters. The summed E-state index contributed by atoms with van der Waals surface area (Å²) in [5.74, 6) is 0.897. The highest BCUT2D eigenvalue weighted by Crippen LogP contribution is 2.45. The van der Waals surface area contributed by atoms with Gasteiger partial charge in [0.05, 0.1) is 30.5 Å². The van der Waals surface area contributed by atoms with Crippen molar-refractivity contribution in [1.29, 1.82) is 0 Å². The smallest absolute Gasteiger partial charge is 0.411 e. The molecular weight excluding hydrogens is 500 g/mol. The minimum absolute atomic E-state index is 0.0295. The highest BCUT2D eigenvalue weighted by molar-refractivity contribution is 5.88. The Balaban J connectivity index is 1.36. The van der Waals surface area contributed by atoms with Gasteiger partial charge in [0.2, 0.25) is 5.91 Å². The largest absolute Gasteiger partial charge is 0.453 e. The van der Waals surface area contributed by atoms with E-state index in [1.807, 2.05) is 40.9 Å². The Labute approximate surface area is 224 Å². The van der Waals surface area contributed by atoms with Crippen molar-refractivity contribution in [2.75, 3.05) is 24.3 Å². The van der Waals surface area contributed by atoms with Crippen LogP contribution >= 0.6 is 0 Å². The average Bonchev–Trinajstić information content (AvgIpc) is 3.68. The molecule has 3 unspecified atom stereocenters. The molecule has 1 aliphatic heterocycles. The lowest BCUT2D eigenvalue weighted by atomic mass is 10.0. The summed E-state index contributed by atoms with van der Waals surface area (Å²) in [6.45, 7) is 2.29. The number of hydrogen-bond donors (Lipinski definition) is 2. The fraction of sp³-hybridized carbons (Fsp3) is 0.370. The first-order chi connectivity index (χ1) is 18.7.